The summed E-state index contributed by atoms with van der Waals surface area (Å²) >= 11 is 2.09. The number of hydrogen-bond donors (Lipinski definition) is 1. The van der Waals surface area contributed by atoms with Gasteiger partial charge in [-0.25, -0.2) is 0 Å². The summed E-state index contributed by atoms with van der Waals surface area (Å²) in [6.07, 6.45) is 1.37. The van der Waals surface area contributed by atoms with Crippen molar-refractivity contribution in [2.45, 2.75) is 18.5 Å². The van der Waals surface area contributed by atoms with Crippen molar-refractivity contribution in [1.29, 1.82) is 0 Å². The Morgan fingerprint density at radius 2 is 2.29 bits per heavy atom. The Morgan fingerprint density at radius 3 is 2.93 bits per heavy atom. The van der Waals surface area contributed by atoms with Gasteiger partial charge in [-0.1, -0.05) is 0 Å². The molecule has 2 saturated heterocycles. The minimum absolute atomic E-state index is 0.595. The molecule has 14 heavy (non-hydrogen) atoms. The second-order valence-corrected chi connectivity index (χ2v) is 5.56. The molecule has 4 heteroatoms. The Labute approximate surface area is 91.0 Å². The van der Waals surface area contributed by atoms with Gasteiger partial charge in [-0.2, -0.15) is 11.8 Å². The first kappa shape index (κ1) is 10.7. The van der Waals surface area contributed by atoms with Gasteiger partial charge in [0.15, 0.2) is 0 Å². The van der Waals surface area contributed by atoms with Crippen LogP contribution in [0.15, 0.2) is 0 Å². The Hall–Kier alpha value is 0.230. The van der Waals surface area contributed by atoms with Gasteiger partial charge in [-0.15, -0.1) is 0 Å². The Kier molecular flexibility index (Phi) is 3.71. The van der Waals surface area contributed by atoms with Gasteiger partial charge in [0.1, 0.15) is 0 Å². The molecule has 2 atom stereocenters. The highest BCUT2D eigenvalue weighted by Gasteiger charge is 2.31. The monoisotopic (exact) mass is 215 g/mol. The molecule has 0 aromatic carbocycles. The predicted octanol–water partition coefficient (Wildman–Crippen LogP) is 0.0666. The number of piperazine rings is 1. The molecule has 2 unspecified atom stereocenters. The second-order valence-electron chi connectivity index (χ2n) is 4.41. The van der Waals surface area contributed by atoms with E-state index < -0.39 is 0 Å². The smallest absolute Gasteiger partial charge is 0.0349 e. The average Bonchev–Trinajstić information content (AvgIpc) is 2.70. The van der Waals surface area contributed by atoms with Crippen LogP contribution in [0.5, 0.6) is 0 Å². The maximum atomic E-state index is 5.85. The molecule has 3 nitrogen and oxygen atoms in total. The molecule has 82 valence electrons. The maximum Gasteiger partial charge on any atom is 0.0349 e. The predicted molar refractivity (Wildman–Crippen MR) is 62.8 cm³/mol. The van der Waals surface area contributed by atoms with Crippen LogP contribution in [0.3, 0.4) is 0 Å². The molecule has 0 saturated carbocycles. The third-order valence-electron chi connectivity index (χ3n) is 3.38. The summed E-state index contributed by atoms with van der Waals surface area (Å²) in [5, 5.41) is 0. The Bertz CT molecular complexity index is 182. The van der Waals surface area contributed by atoms with Gasteiger partial charge in [-0.05, 0) is 19.2 Å². The van der Waals surface area contributed by atoms with E-state index in [1.807, 2.05) is 0 Å². The van der Waals surface area contributed by atoms with Crippen molar-refractivity contribution in [3.8, 4) is 0 Å². The third-order valence-corrected chi connectivity index (χ3v) is 4.52. The topological polar surface area (TPSA) is 32.5 Å². The fraction of sp³-hybridized carbons (Fsp3) is 1.00. The summed E-state index contributed by atoms with van der Waals surface area (Å²) in [6.45, 7) is 4.38. The van der Waals surface area contributed by atoms with Crippen molar-refractivity contribution in [3.05, 3.63) is 0 Å². The molecular formula is C10H21N3S. The van der Waals surface area contributed by atoms with Crippen molar-refractivity contribution in [3.63, 3.8) is 0 Å². The Balaban J connectivity index is 1.94. The van der Waals surface area contributed by atoms with E-state index in [9.17, 15) is 0 Å². The standard InChI is InChI=1S/C10H21N3S/c1-12-3-4-13(10(6-11)7-12)9-2-5-14-8-9/h9-10H,2-8,11H2,1H3. The van der Waals surface area contributed by atoms with E-state index in [2.05, 4.69) is 28.6 Å². The quantitative estimate of drug-likeness (QED) is 0.706. The molecule has 0 bridgehead atoms. The summed E-state index contributed by atoms with van der Waals surface area (Å²) in [7, 11) is 2.20. The lowest BCUT2D eigenvalue weighted by molar-refractivity contribution is 0.0650. The van der Waals surface area contributed by atoms with Crippen LogP contribution in [0.2, 0.25) is 0 Å². The fourth-order valence-electron chi connectivity index (χ4n) is 2.50. The highest BCUT2D eigenvalue weighted by atomic mass is 32.2. The van der Waals surface area contributed by atoms with E-state index in [0.29, 0.717) is 6.04 Å². The lowest BCUT2D eigenvalue weighted by atomic mass is 10.1. The van der Waals surface area contributed by atoms with Crippen LogP contribution in [-0.2, 0) is 0 Å². The molecule has 0 aliphatic carbocycles. The number of thioether (sulfide) groups is 1. The van der Waals surface area contributed by atoms with Crippen LogP contribution in [-0.4, -0.2) is 66.6 Å². The van der Waals surface area contributed by atoms with E-state index in [-0.39, 0.29) is 0 Å². The minimum Gasteiger partial charge on any atom is -0.329 e. The van der Waals surface area contributed by atoms with Gasteiger partial charge in [0.05, 0.1) is 0 Å². The molecule has 0 spiro atoms. The zero-order valence-corrected chi connectivity index (χ0v) is 9.80. The average molecular weight is 215 g/mol. The summed E-state index contributed by atoms with van der Waals surface area (Å²) in [4.78, 5) is 5.05. The van der Waals surface area contributed by atoms with Gasteiger partial charge >= 0.3 is 0 Å². The highest BCUT2D eigenvalue weighted by molar-refractivity contribution is 7.99. The fourth-order valence-corrected chi connectivity index (χ4v) is 3.73. The van der Waals surface area contributed by atoms with Gasteiger partial charge in [-0.3, -0.25) is 4.90 Å². The van der Waals surface area contributed by atoms with Crippen molar-refractivity contribution >= 4 is 11.8 Å². The van der Waals surface area contributed by atoms with Crippen LogP contribution in [0.25, 0.3) is 0 Å². The van der Waals surface area contributed by atoms with E-state index in [4.69, 9.17) is 5.73 Å². The number of hydrogen-bond acceptors (Lipinski definition) is 4. The van der Waals surface area contributed by atoms with Crippen molar-refractivity contribution in [2.75, 3.05) is 44.7 Å². The SMILES string of the molecule is CN1CCN(C2CCSC2)C(CN)C1. The van der Waals surface area contributed by atoms with Gasteiger partial charge in [0.25, 0.3) is 0 Å². The molecule has 2 rings (SSSR count). The molecule has 2 aliphatic rings. The number of nitrogens with two attached hydrogens (primary N) is 1. The molecule has 2 N–H and O–H groups in total. The molecule has 0 aromatic heterocycles. The van der Waals surface area contributed by atoms with Crippen LogP contribution in [0.1, 0.15) is 6.42 Å². The molecule has 0 amide bonds. The molecule has 2 aliphatic heterocycles. The van der Waals surface area contributed by atoms with Gasteiger partial charge in [0, 0.05) is 44.0 Å². The lowest BCUT2D eigenvalue weighted by Crippen LogP contribution is -2.58. The molecule has 2 fully saturated rings. The minimum atomic E-state index is 0.595. The zero-order valence-electron chi connectivity index (χ0n) is 8.98. The number of rotatable bonds is 2. The van der Waals surface area contributed by atoms with Crippen LogP contribution < -0.4 is 5.73 Å². The van der Waals surface area contributed by atoms with E-state index in [1.54, 1.807) is 0 Å². The summed E-state index contributed by atoms with van der Waals surface area (Å²) in [6, 6.07) is 1.40. The molecule has 0 radical (unpaired) electrons. The van der Waals surface area contributed by atoms with Crippen molar-refractivity contribution < 1.29 is 0 Å². The molecule has 2 heterocycles. The van der Waals surface area contributed by atoms with E-state index in [0.717, 1.165) is 19.1 Å². The third kappa shape index (κ3) is 2.24. The summed E-state index contributed by atoms with van der Waals surface area (Å²) < 4.78 is 0. The summed E-state index contributed by atoms with van der Waals surface area (Å²) in [5.74, 6) is 2.66. The largest absolute Gasteiger partial charge is 0.329 e. The van der Waals surface area contributed by atoms with E-state index in [1.165, 1.54) is 31.0 Å². The lowest BCUT2D eigenvalue weighted by Gasteiger charge is -2.42. The molecular weight excluding hydrogens is 194 g/mol. The zero-order chi connectivity index (χ0) is 9.97. The second kappa shape index (κ2) is 4.84. The van der Waals surface area contributed by atoms with E-state index >= 15 is 0 Å². The first-order valence-corrected chi connectivity index (χ1v) is 6.69. The van der Waals surface area contributed by atoms with Crippen molar-refractivity contribution in [2.24, 2.45) is 5.73 Å². The van der Waals surface area contributed by atoms with Gasteiger partial charge in [0.2, 0.25) is 0 Å². The van der Waals surface area contributed by atoms with Gasteiger partial charge < -0.3 is 10.6 Å². The highest BCUT2D eigenvalue weighted by Crippen LogP contribution is 2.25. The Morgan fingerprint density at radius 1 is 1.43 bits per heavy atom. The normalized spacial score (nSPS) is 36.4. The maximum absolute atomic E-state index is 5.85. The number of likely N-dealkylation sites (N-methyl/N-ethyl adjacent to an activating group) is 1. The van der Waals surface area contributed by atoms with Crippen LogP contribution in [0.4, 0.5) is 0 Å². The van der Waals surface area contributed by atoms with Crippen LogP contribution >= 0.6 is 11.8 Å². The first-order valence-electron chi connectivity index (χ1n) is 5.53. The molecule has 0 aromatic rings. The van der Waals surface area contributed by atoms with Crippen molar-refractivity contribution in [1.82, 2.24) is 9.80 Å². The van der Waals surface area contributed by atoms with Crippen LogP contribution in [0, 0.1) is 0 Å². The summed E-state index contributed by atoms with van der Waals surface area (Å²) in [5.41, 5.74) is 5.85. The number of nitrogens with zero attached hydrogens (tertiary/aromatic N) is 2. The first-order chi connectivity index (χ1) is 6.81.